The highest BCUT2D eigenvalue weighted by Gasteiger charge is 2.24. The highest BCUT2D eigenvalue weighted by Crippen LogP contribution is 2.30. The van der Waals surface area contributed by atoms with Gasteiger partial charge in [0.1, 0.15) is 0 Å². The molecule has 0 bridgehead atoms. The molecule has 0 radical (unpaired) electrons. The Hall–Kier alpha value is -2.08. The zero-order chi connectivity index (χ0) is 21.2. The van der Waals surface area contributed by atoms with E-state index in [1.165, 1.54) is 25.7 Å². The van der Waals surface area contributed by atoms with Crippen molar-refractivity contribution in [2.24, 2.45) is 0 Å². The van der Waals surface area contributed by atoms with Crippen molar-refractivity contribution in [1.29, 1.82) is 0 Å². The number of aromatic nitrogens is 2. The van der Waals surface area contributed by atoms with Gasteiger partial charge in [-0.25, -0.2) is 9.97 Å². The minimum Gasteiger partial charge on any atom is -0.364 e. The molecule has 1 saturated heterocycles. The Labute approximate surface area is 193 Å². The van der Waals surface area contributed by atoms with Crippen molar-refractivity contribution in [3.8, 4) is 0 Å². The minimum atomic E-state index is 0.500. The van der Waals surface area contributed by atoms with Gasteiger partial charge in [-0.05, 0) is 48.7 Å². The van der Waals surface area contributed by atoms with Crippen LogP contribution < -0.4 is 10.2 Å². The summed E-state index contributed by atoms with van der Waals surface area (Å²) in [6.45, 7) is 4.51. The summed E-state index contributed by atoms with van der Waals surface area (Å²) in [4.78, 5) is 14.8. The Kier molecular flexibility index (Phi) is 6.17. The zero-order valence-corrected chi connectivity index (χ0v) is 19.0. The summed E-state index contributed by atoms with van der Waals surface area (Å²) in [5.74, 6) is 1.91. The van der Waals surface area contributed by atoms with E-state index in [-0.39, 0.29) is 0 Å². The van der Waals surface area contributed by atoms with Crippen LogP contribution in [0, 0.1) is 0 Å². The standard InChI is InChI=1S/C24H27Cl2N5/c25-18-9-10-20(26)17(15-18)16-30-11-13-31(14-12-30)24-23(27-19-5-1-2-6-19)28-21-7-3-4-8-22(21)29-24/h3-4,7-10,15,19H,1-2,5-6,11-14,16H2,(H,27,28). The topological polar surface area (TPSA) is 44.3 Å². The summed E-state index contributed by atoms with van der Waals surface area (Å²) < 4.78 is 0. The maximum Gasteiger partial charge on any atom is 0.172 e. The van der Waals surface area contributed by atoms with Gasteiger partial charge in [0.25, 0.3) is 0 Å². The first kappa shape index (κ1) is 20.8. The number of nitrogens with one attached hydrogen (secondary N) is 1. The molecular formula is C24H27Cl2N5. The third kappa shape index (κ3) is 4.74. The van der Waals surface area contributed by atoms with Crippen LogP contribution in [-0.4, -0.2) is 47.1 Å². The van der Waals surface area contributed by atoms with E-state index >= 15 is 0 Å². The number of nitrogens with zero attached hydrogens (tertiary/aromatic N) is 4. The lowest BCUT2D eigenvalue weighted by Gasteiger charge is -2.36. The lowest BCUT2D eigenvalue weighted by atomic mass is 10.2. The summed E-state index contributed by atoms with van der Waals surface area (Å²) in [5, 5.41) is 5.20. The Morgan fingerprint density at radius 3 is 2.35 bits per heavy atom. The van der Waals surface area contributed by atoms with Gasteiger partial charge in [0.2, 0.25) is 0 Å². The van der Waals surface area contributed by atoms with Crippen molar-refractivity contribution in [1.82, 2.24) is 14.9 Å². The predicted molar refractivity (Wildman–Crippen MR) is 129 cm³/mol. The minimum absolute atomic E-state index is 0.500. The van der Waals surface area contributed by atoms with Gasteiger partial charge in [-0.2, -0.15) is 0 Å². The smallest absolute Gasteiger partial charge is 0.172 e. The van der Waals surface area contributed by atoms with E-state index in [0.717, 1.165) is 71.0 Å². The first-order valence-electron chi connectivity index (χ1n) is 11.1. The third-order valence-corrected chi connectivity index (χ3v) is 6.93. The van der Waals surface area contributed by atoms with Crippen LogP contribution in [0.3, 0.4) is 0 Å². The molecular weight excluding hydrogens is 429 g/mol. The van der Waals surface area contributed by atoms with E-state index in [1.54, 1.807) is 0 Å². The molecule has 7 heteroatoms. The van der Waals surface area contributed by atoms with Crippen LogP contribution in [-0.2, 0) is 6.54 Å². The van der Waals surface area contributed by atoms with E-state index in [0.29, 0.717) is 6.04 Å². The van der Waals surface area contributed by atoms with Crippen LogP contribution in [0.5, 0.6) is 0 Å². The average molecular weight is 456 g/mol. The highest BCUT2D eigenvalue weighted by molar-refractivity contribution is 6.33. The van der Waals surface area contributed by atoms with Gasteiger partial charge in [-0.3, -0.25) is 4.90 Å². The summed E-state index contributed by atoms with van der Waals surface area (Å²) in [5.41, 5.74) is 2.97. The molecule has 5 rings (SSSR count). The van der Waals surface area contributed by atoms with Crippen LogP contribution >= 0.6 is 23.2 Å². The van der Waals surface area contributed by atoms with Crippen LogP contribution in [0.2, 0.25) is 10.0 Å². The summed E-state index contributed by atoms with van der Waals surface area (Å²) >= 11 is 12.5. The van der Waals surface area contributed by atoms with Crippen molar-refractivity contribution < 1.29 is 0 Å². The number of para-hydroxylation sites is 2. The molecule has 0 atom stereocenters. The molecule has 1 saturated carbocycles. The molecule has 0 amide bonds. The van der Waals surface area contributed by atoms with Crippen LogP contribution in [0.1, 0.15) is 31.2 Å². The number of piperazine rings is 1. The Balaban J connectivity index is 1.34. The normalized spacial score (nSPS) is 18.1. The molecule has 31 heavy (non-hydrogen) atoms. The quantitative estimate of drug-likeness (QED) is 0.541. The number of benzene rings is 2. The fourth-order valence-electron chi connectivity index (χ4n) is 4.59. The monoisotopic (exact) mass is 455 g/mol. The number of hydrogen-bond donors (Lipinski definition) is 1. The molecule has 3 aromatic rings. The molecule has 2 aromatic carbocycles. The molecule has 1 aliphatic heterocycles. The highest BCUT2D eigenvalue weighted by atomic mass is 35.5. The Morgan fingerprint density at radius 2 is 1.61 bits per heavy atom. The number of halogens is 2. The first-order valence-corrected chi connectivity index (χ1v) is 11.9. The molecule has 5 nitrogen and oxygen atoms in total. The van der Waals surface area contributed by atoms with Crippen LogP contribution in [0.15, 0.2) is 42.5 Å². The molecule has 0 unspecified atom stereocenters. The molecule has 1 N–H and O–H groups in total. The molecule has 1 aliphatic carbocycles. The fourth-order valence-corrected chi connectivity index (χ4v) is 4.97. The van der Waals surface area contributed by atoms with Gasteiger partial charge in [0.05, 0.1) is 11.0 Å². The largest absolute Gasteiger partial charge is 0.364 e. The molecule has 2 fully saturated rings. The Morgan fingerprint density at radius 1 is 0.903 bits per heavy atom. The summed E-state index contributed by atoms with van der Waals surface area (Å²) in [6, 6.07) is 14.3. The third-order valence-electron chi connectivity index (χ3n) is 6.32. The average Bonchev–Trinajstić information content (AvgIpc) is 3.29. The SMILES string of the molecule is Clc1ccc(Cl)c(CN2CCN(c3nc4ccccc4nc3NC3CCCC3)CC2)c1. The van der Waals surface area contributed by atoms with Crippen molar-refractivity contribution in [3.63, 3.8) is 0 Å². The van der Waals surface area contributed by atoms with Crippen molar-refractivity contribution in [2.75, 3.05) is 36.4 Å². The van der Waals surface area contributed by atoms with E-state index in [9.17, 15) is 0 Å². The molecule has 1 aromatic heterocycles. The first-order chi connectivity index (χ1) is 15.2. The van der Waals surface area contributed by atoms with Crippen molar-refractivity contribution in [3.05, 3.63) is 58.1 Å². The number of anilines is 2. The maximum atomic E-state index is 6.37. The second-order valence-corrected chi connectivity index (χ2v) is 9.35. The van der Waals surface area contributed by atoms with E-state index in [2.05, 4.69) is 15.1 Å². The number of hydrogen-bond acceptors (Lipinski definition) is 5. The van der Waals surface area contributed by atoms with Gasteiger partial charge in [-0.15, -0.1) is 0 Å². The van der Waals surface area contributed by atoms with E-state index in [4.69, 9.17) is 33.2 Å². The lowest BCUT2D eigenvalue weighted by molar-refractivity contribution is 0.249. The van der Waals surface area contributed by atoms with E-state index in [1.807, 2.05) is 42.5 Å². The lowest BCUT2D eigenvalue weighted by Crippen LogP contribution is -2.46. The van der Waals surface area contributed by atoms with E-state index < -0.39 is 0 Å². The predicted octanol–water partition coefficient (Wildman–Crippen LogP) is 5.61. The van der Waals surface area contributed by atoms with Gasteiger partial charge < -0.3 is 10.2 Å². The summed E-state index contributed by atoms with van der Waals surface area (Å²) in [7, 11) is 0. The second-order valence-electron chi connectivity index (χ2n) is 8.51. The van der Waals surface area contributed by atoms with Crippen LogP contribution in [0.4, 0.5) is 11.6 Å². The van der Waals surface area contributed by atoms with Gasteiger partial charge in [-0.1, -0.05) is 48.2 Å². The second kappa shape index (κ2) is 9.19. The van der Waals surface area contributed by atoms with Crippen LogP contribution in [0.25, 0.3) is 11.0 Å². The maximum absolute atomic E-state index is 6.37. The molecule has 0 spiro atoms. The van der Waals surface area contributed by atoms with Crippen molar-refractivity contribution >= 4 is 45.9 Å². The Bertz CT molecular complexity index is 1060. The summed E-state index contributed by atoms with van der Waals surface area (Å²) in [6.07, 6.45) is 5.00. The molecule has 162 valence electrons. The van der Waals surface area contributed by atoms with Gasteiger partial charge in [0, 0.05) is 48.8 Å². The molecule has 2 aliphatic rings. The molecule has 2 heterocycles. The fraction of sp³-hybridized carbons (Fsp3) is 0.417. The van der Waals surface area contributed by atoms with Crippen molar-refractivity contribution in [2.45, 2.75) is 38.3 Å². The number of fused-ring (bicyclic) bond motifs is 1. The van der Waals surface area contributed by atoms with Gasteiger partial charge in [0.15, 0.2) is 11.6 Å². The number of rotatable bonds is 5. The van der Waals surface area contributed by atoms with Gasteiger partial charge >= 0.3 is 0 Å². The zero-order valence-electron chi connectivity index (χ0n) is 17.5.